The molecule has 0 spiro atoms. The minimum Gasteiger partial charge on any atom is -0.341 e. The number of benzene rings is 3. The fraction of sp³-hybridized carbons (Fsp3) is 0.100. The predicted molar refractivity (Wildman–Crippen MR) is 146 cm³/mol. The van der Waals surface area contributed by atoms with Gasteiger partial charge in [0.1, 0.15) is 23.0 Å². The maximum absolute atomic E-state index is 14.2. The fourth-order valence-corrected chi connectivity index (χ4v) is 5.27. The molecular weight excluding hydrogens is 617 g/mol. The number of hydrogen-bond donors (Lipinski definition) is 2. The van der Waals surface area contributed by atoms with Crippen LogP contribution in [-0.4, -0.2) is 21.2 Å². The molecule has 3 heterocycles. The van der Waals surface area contributed by atoms with Crippen LogP contribution >= 0.6 is 11.6 Å². The first kappa shape index (κ1) is 29.2. The summed E-state index contributed by atoms with van der Waals surface area (Å²) in [6.45, 7) is 0. The molecule has 44 heavy (non-hydrogen) atoms. The van der Waals surface area contributed by atoms with E-state index in [4.69, 9.17) is 11.6 Å². The highest BCUT2D eigenvalue weighted by Gasteiger charge is 2.36. The number of nitrogens with zero attached hydrogens (tertiary/aromatic N) is 2. The lowest BCUT2D eigenvalue weighted by Gasteiger charge is -2.19. The molecule has 2 amide bonds. The van der Waals surface area contributed by atoms with Crippen LogP contribution < -0.4 is 10.6 Å². The van der Waals surface area contributed by atoms with Gasteiger partial charge in [-0.1, -0.05) is 11.6 Å². The minimum absolute atomic E-state index is 0.0114. The van der Waals surface area contributed by atoms with E-state index in [1.165, 1.54) is 40.9 Å². The molecule has 0 radical (unpaired) electrons. The molecule has 0 aliphatic carbocycles. The number of imidazole rings is 1. The highest BCUT2D eigenvalue weighted by atomic mass is 35.5. The van der Waals surface area contributed by atoms with E-state index in [1.54, 1.807) is 0 Å². The molecule has 0 saturated heterocycles. The van der Waals surface area contributed by atoms with Crippen molar-refractivity contribution in [3.05, 3.63) is 123 Å². The van der Waals surface area contributed by atoms with E-state index >= 15 is 0 Å². The van der Waals surface area contributed by atoms with Gasteiger partial charge in [0.25, 0.3) is 18.2 Å². The molecule has 1 aliphatic rings. The quantitative estimate of drug-likeness (QED) is 0.193. The average Bonchev–Trinajstić information content (AvgIpc) is 3.54. The lowest BCUT2D eigenvalue weighted by Crippen LogP contribution is -2.21. The van der Waals surface area contributed by atoms with Crippen molar-refractivity contribution in [1.82, 2.24) is 14.7 Å². The van der Waals surface area contributed by atoms with Crippen molar-refractivity contribution in [2.75, 3.05) is 5.32 Å². The second-order valence-electron chi connectivity index (χ2n) is 9.89. The number of halogens is 8. The van der Waals surface area contributed by atoms with E-state index in [2.05, 4.69) is 15.6 Å². The van der Waals surface area contributed by atoms with Crippen molar-refractivity contribution in [2.45, 2.75) is 18.6 Å². The van der Waals surface area contributed by atoms with Crippen LogP contribution in [-0.2, 0) is 6.18 Å². The Morgan fingerprint density at radius 2 is 1.73 bits per heavy atom. The van der Waals surface area contributed by atoms with Gasteiger partial charge >= 0.3 is 6.18 Å². The molecule has 5 aromatic rings. The molecule has 6 rings (SSSR count). The molecule has 3 aromatic carbocycles. The summed E-state index contributed by atoms with van der Waals surface area (Å²) in [5.41, 5.74) is -1.44. The monoisotopic (exact) mass is 632 g/mol. The van der Waals surface area contributed by atoms with E-state index in [9.17, 15) is 40.3 Å². The molecule has 1 atom stereocenters. The zero-order valence-electron chi connectivity index (χ0n) is 21.8. The highest BCUT2D eigenvalue weighted by molar-refractivity contribution is 6.31. The molecule has 0 fully saturated rings. The number of hydrogen-bond acceptors (Lipinski definition) is 3. The molecular formula is C30H16ClF7N4O2. The van der Waals surface area contributed by atoms with Crippen LogP contribution in [0.15, 0.2) is 73.1 Å². The topological polar surface area (TPSA) is 75.5 Å². The summed E-state index contributed by atoms with van der Waals surface area (Å²) in [4.78, 5) is 30.3. The van der Waals surface area contributed by atoms with Crippen molar-refractivity contribution in [3.63, 3.8) is 0 Å². The number of anilines is 1. The van der Waals surface area contributed by atoms with Crippen LogP contribution in [0.25, 0.3) is 16.8 Å². The third kappa shape index (κ3) is 5.34. The Kier molecular flexibility index (Phi) is 7.07. The molecule has 1 aliphatic heterocycles. The van der Waals surface area contributed by atoms with Crippen LogP contribution in [0.4, 0.5) is 36.4 Å². The SMILES string of the molecule is O=C(Nc1cc(-c2ccc3nc(C(F)F)cn3c2)cc2c1C(c1cc(F)ccc1Cl)NC2=O)c1cc(F)cc(C(F)(F)F)c1. The van der Waals surface area contributed by atoms with Gasteiger partial charge in [-0.3, -0.25) is 9.59 Å². The first-order valence-corrected chi connectivity index (χ1v) is 13.1. The molecule has 2 aromatic heterocycles. The smallest absolute Gasteiger partial charge is 0.341 e. The third-order valence-corrected chi connectivity index (χ3v) is 7.36. The molecule has 14 heteroatoms. The summed E-state index contributed by atoms with van der Waals surface area (Å²) in [5.74, 6) is -3.76. The third-order valence-electron chi connectivity index (χ3n) is 7.02. The van der Waals surface area contributed by atoms with Crippen LogP contribution in [0, 0.1) is 11.6 Å². The zero-order chi connectivity index (χ0) is 31.5. The Bertz CT molecular complexity index is 1990. The first-order valence-electron chi connectivity index (χ1n) is 12.7. The normalized spacial score (nSPS) is 14.7. The number of carbonyl (C=O) groups excluding carboxylic acids is 2. The van der Waals surface area contributed by atoms with Crippen molar-refractivity contribution in [1.29, 1.82) is 0 Å². The van der Waals surface area contributed by atoms with Gasteiger partial charge in [0, 0.05) is 45.4 Å². The number of nitrogens with one attached hydrogen (secondary N) is 2. The molecule has 2 N–H and O–H groups in total. The van der Waals surface area contributed by atoms with E-state index in [0.717, 1.165) is 18.3 Å². The van der Waals surface area contributed by atoms with Crippen molar-refractivity contribution >= 4 is 34.7 Å². The van der Waals surface area contributed by atoms with Crippen LogP contribution in [0.3, 0.4) is 0 Å². The van der Waals surface area contributed by atoms with E-state index in [-0.39, 0.29) is 39.1 Å². The Labute approximate surface area is 248 Å². The summed E-state index contributed by atoms with van der Waals surface area (Å²) >= 11 is 6.31. The standard InChI is InChI=1S/C30H16ClF7N4O2/c31-21-3-2-17(32)10-19(21)26-25-20(29(44)41-26)7-14(13-1-4-24-39-23(27(34)35)12-42(24)11-13)8-22(25)40-28(43)15-5-16(30(36,37)38)9-18(33)6-15/h1-12,26-27H,(H,40,43)(H,41,44). The summed E-state index contributed by atoms with van der Waals surface area (Å²) in [5, 5.41) is 5.21. The fourth-order valence-electron chi connectivity index (χ4n) is 5.04. The van der Waals surface area contributed by atoms with Gasteiger partial charge in [-0.2, -0.15) is 13.2 Å². The van der Waals surface area contributed by atoms with Crippen molar-refractivity contribution in [2.24, 2.45) is 0 Å². The van der Waals surface area contributed by atoms with Crippen LogP contribution in [0.5, 0.6) is 0 Å². The van der Waals surface area contributed by atoms with Crippen molar-refractivity contribution < 1.29 is 40.3 Å². The maximum Gasteiger partial charge on any atom is 0.416 e. The van der Waals surface area contributed by atoms with E-state index < -0.39 is 58.9 Å². The number of carbonyl (C=O) groups is 2. The van der Waals surface area contributed by atoms with E-state index in [1.807, 2.05) is 0 Å². The second kappa shape index (κ2) is 10.7. The number of rotatable bonds is 5. The van der Waals surface area contributed by atoms with Gasteiger partial charge in [0.2, 0.25) is 0 Å². The van der Waals surface area contributed by atoms with Gasteiger partial charge in [0.05, 0.1) is 11.6 Å². The Hall–Kier alpha value is -4.91. The minimum atomic E-state index is -4.94. The lowest BCUT2D eigenvalue weighted by atomic mass is 9.93. The average molecular weight is 633 g/mol. The zero-order valence-corrected chi connectivity index (χ0v) is 22.6. The highest BCUT2D eigenvalue weighted by Crippen LogP contribution is 2.42. The summed E-state index contributed by atoms with van der Waals surface area (Å²) in [7, 11) is 0. The number of aromatic nitrogens is 2. The Morgan fingerprint density at radius 3 is 2.45 bits per heavy atom. The summed E-state index contributed by atoms with van der Waals surface area (Å²) in [6, 6.07) is 9.51. The first-order chi connectivity index (χ1) is 20.8. The number of alkyl halides is 5. The Morgan fingerprint density at radius 1 is 0.955 bits per heavy atom. The largest absolute Gasteiger partial charge is 0.416 e. The van der Waals surface area contributed by atoms with Gasteiger partial charge in [-0.15, -0.1) is 0 Å². The van der Waals surface area contributed by atoms with Gasteiger partial charge in [-0.25, -0.2) is 22.5 Å². The summed E-state index contributed by atoms with van der Waals surface area (Å²) < 4.78 is 96.1. The Balaban J connectivity index is 1.50. The molecule has 0 bridgehead atoms. The number of pyridine rings is 1. The number of amides is 2. The maximum atomic E-state index is 14.2. The van der Waals surface area contributed by atoms with Gasteiger partial charge < -0.3 is 15.0 Å². The summed E-state index contributed by atoms with van der Waals surface area (Å²) in [6.07, 6.45) is -5.19. The second-order valence-corrected chi connectivity index (χ2v) is 10.3. The molecule has 224 valence electrons. The van der Waals surface area contributed by atoms with Crippen LogP contribution in [0.2, 0.25) is 5.02 Å². The predicted octanol–water partition coefficient (Wildman–Crippen LogP) is 7.97. The molecule has 0 saturated carbocycles. The molecule has 1 unspecified atom stereocenters. The number of fused-ring (bicyclic) bond motifs is 2. The molecule has 6 nitrogen and oxygen atoms in total. The van der Waals surface area contributed by atoms with E-state index in [0.29, 0.717) is 23.3 Å². The van der Waals surface area contributed by atoms with Gasteiger partial charge in [0.15, 0.2) is 0 Å². The van der Waals surface area contributed by atoms with Crippen LogP contribution in [0.1, 0.15) is 55.6 Å². The van der Waals surface area contributed by atoms with Crippen molar-refractivity contribution in [3.8, 4) is 11.1 Å². The lowest BCUT2D eigenvalue weighted by molar-refractivity contribution is -0.137. The van der Waals surface area contributed by atoms with Gasteiger partial charge in [-0.05, 0) is 71.8 Å².